The Morgan fingerprint density at radius 1 is 0.278 bits per heavy atom. The third-order valence-electron chi connectivity index (χ3n) is 14.7. The van der Waals surface area contributed by atoms with Gasteiger partial charge in [-0.2, -0.15) is 0 Å². The van der Waals surface area contributed by atoms with Gasteiger partial charge in [0.2, 0.25) is 0 Å². The number of hydrogen-bond donors (Lipinski definition) is 0. The number of ether oxygens (including phenoxy) is 8. The lowest BCUT2D eigenvalue weighted by molar-refractivity contribution is -0.152. The first-order valence-corrected chi connectivity index (χ1v) is 38.6. The quantitative estimate of drug-likeness (QED) is 0.0314. The van der Waals surface area contributed by atoms with Crippen molar-refractivity contribution in [2.45, 2.75) is 243 Å². The molecule has 0 fully saturated rings. The first-order chi connectivity index (χ1) is 43.5. The second-order valence-corrected chi connectivity index (χ2v) is 28.7. The fourth-order valence-electron chi connectivity index (χ4n) is 8.99. The molecule has 23 heteroatoms. The summed E-state index contributed by atoms with van der Waals surface area (Å²) in [5.41, 5.74) is 0. The van der Waals surface area contributed by atoms with Gasteiger partial charge in [0.25, 0.3) is 0 Å². The van der Waals surface area contributed by atoms with Crippen molar-refractivity contribution in [1.82, 2.24) is 14.7 Å². The predicted octanol–water partition coefficient (Wildman–Crippen LogP) is 12.6. The summed E-state index contributed by atoms with van der Waals surface area (Å²) in [4.78, 5) is 108. The van der Waals surface area contributed by atoms with Crippen LogP contribution in [0.4, 0.5) is 0 Å². The Morgan fingerprint density at radius 3 is 0.711 bits per heavy atom. The van der Waals surface area contributed by atoms with Crippen LogP contribution >= 0.6 is 47.0 Å². The molecule has 19 nitrogen and oxygen atoms in total. The first-order valence-electron chi connectivity index (χ1n) is 34.4. The highest BCUT2D eigenvalue weighted by Crippen LogP contribution is 2.20. The number of unbranched alkanes of at least 4 members (excludes halogenated alkanes) is 16. The van der Waals surface area contributed by atoms with Crippen molar-refractivity contribution in [2.75, 3.05) is 135 Å². The summed E-state index contributed by atoms with van der Waals surface area (Å²) in [6.45, 7) is 19.4. The molecule has 0 rings (SSSR count). The lowest BCUT2D eigenvalue weighted by Gasteiger charge is -2.25. The fraction of sp³-hybridized carbons (Fsp3) is 0.881. The van der Waals surface area contributed by atoms with E-state index in [1.807, 2.05) is 44.5 Å². The highest BCUT2D eigenvalue weighted by Gasteiger charge is 2.21. The van der Waals surface area contributed by atoms with Gasteiger partial charge >= 0.3 is 47.8 Å². The van der Waals surface area contributed by atoms with E-state index in [1.54, 1.807) is 47.0 Å². The lowest BCUT2D eigenvalue weighted by Crippen LogP contribution is -2.34. The number of esters is 8. The SMILES string of the molecule is CCCCCCCSC(C)C(=O)OCCOC(=O)CCN(CCCN(C)CCCN(CCC(=O)OCCOC(=O)C(C)SCCCCCCC)CCC(=O)OCCOC(=O)C(C)SCCCCCCC)CCC(=O)OCCOC(=O)C(C)SCCCCCCC. The van der Waals surface area contributed by atoms with Crippen molar-refractivity contribution >= 4 is 94.8 Å². The molecule has 0 aliphatic carbocycles. The molecule has 0 heterocycles. The first kappa shape index (κ1) is 87.0. The van der Waals surface area contributed by atoms with Gasteiger partial charge in [0.05, 0.1) is 46.7 Å². The smallest absolute Gasteiger partial charge is 0.318 e. The monoisotopic (exact) mass is 1350 g/mol. The van der Waals surface area contributed by atoms with Crippen molar-refractivity contribution in [3.05, 3.63) is 0 Å². The minimum absolute atomic E-state index is 0.0341. The van der Waals surface area contributed by atoms with Gasteiger partial charge in [0, 0.05) is 26.2 Å². The van der Waals surface area contributed by atoms with Crippen LogP contribution in [0.1, 0.15) is 222 Å². The summed E-state index contributed by atoms with van der Waals surface area (Å²) in [7, 11) is 2.00. The normalized spacial score (nSPS) is 12.8. The van der Waals surface area contributed by atoms with Crippen molar-refractivity contribution in [3.8, 4) is 0 Å². The number of carbonyl (C=O) groups is 8. The third-order valence-corrected chi connectivity index (χ3v) is 19.6. The average molecular weight is 1350 g/mol. The molecule has 0 aromatic heterocycles. The van der Waals surface area contributed by atoms with E-state index >= 15 is 0 Å². The van der Waals surface area contributed by atoms with E-state index in [0.29, 0.717) is 65.2 Å². The molecule has 0 radical (unpaired) electrons. The van der Waals surface area contributed by atoms with E-state index in [-0.39, 0.29) is 123 Å². The van der Waals surface area contributed by atoms with Gasteiger partial charge in [0.15, 0.2) is 0 Å². The molecular formula is C67H123N3O16S4. The van der Waals surface area contributed by atoms with Crippen LogP contribution in [0.5, 0.6) is 0 Å². The van der Waals surface area contributed by atoms with E-state index in [9.17, 15) is 38.4 Å². The van der Waals surface area contributed by atoms with Gasteiger partial charge in [-0.3, -0.25) is 38.4 Å². The Kier molecular flexibility index (Phi) is 60.1. The maximum atomic E-state index is 12.9. The Hall–Kier alpha value is -2.96. The molecule has 0 saturated carbocycles. The maximum Gasteiger partial charge on any atom is 0.318 e. The minimum Gasteiger partial charge on any atom is -0.462 e. The molecule has 90 heavy (non-hydrogen) atoms. The number of hydrogen-bond acceptors (Lipinski definition) is 23. The topological polar surface area (TPSA) is 220 Å². The van der Waals surface area contributed by atoms with Crippen molar-refractivity contribution in [1.29, 1.82) is 0 Å². The summed E-state index contributed by atoms with van der Waals surface area (Å²) >= 11 is 6.28. The van der Waals surface area contributed by atoms with Crippen molar-refractivity contribution < 1.29 is 76.3 Å². The molecule has 4 unspecified atom stereocenters. The second-order valence-electron chi connectivity index (χ2n) is 23.0. The standard InChI is InChI=1S/C67H123N3O16S4/c1-10-14-18-22-26-52-87-56(5)64(75)83-48-44-79-60(71)32-40-69(41-33-61(72)80-45-49-84-65(76)57(6)88-53-27-23-19-15-11-2)38-30-36-68(9)37-31-39-70(42-34-62(73)81-46-50-85-66(77)58(7)89-54-28-24-20-16-12-3)43-35-63(74)82-47-51-86-67(78)59(8)90-55-29-25-21-17-13-4/h56-59H,10-55H2,1-9H3. The van der Waals surface area contributed by atoms with Gasteiger partial charge < -0.3 is 52.6 Å². The van der Waals surface area contributed by atoms with Crippen molar-refractivity contribution in [2.24, 2.45) is 0 Å². The molecule has 0 saturated heterocycles. The molecule has 0 aliphatic heterocycles. The molecular weight excluding hydrogens is 1230 g/mol. The Labute approximate surface area is 561 Å². The van der Waals surface area contributed by atoms with E-state index < -0.39 is 23.9 Å². The van der Waals surface area contributed by atoms with Crippen LogP contribution in [-0.4, -0.2) is 219 Å². The van der Waals surface area contributed by atoms with Gasteiger partial charge in [-0.1, -0.05) is 130 Å². The highest BCUT2D eigenvalue weighted by atomic mass is 32.2. The van der Waals surface area contributed by atoms with Crippen LogP contribution in [0.15, 0.2) is 0 Å². The highest BCUT2D eigenvalue weighted by molar-refractivity contribution is 8.01. The summed E-state index contributed by atoms with van der Waals surface area (Å²) in [5.74, 6) is 0.432. The van der Waals surface area contributed by atoms with Gasteiger partial charge in [-0.05, 0) is 122 Å². The zero-order valence-electron chi connectivity index (χ0n) is 57.3. The van der Waals surface area contributed by atoms with Crippen LogP contribution < -0.4 is 0 Å². The summed E-state index contributed by atoms with van der Waals surface area (Å²) in [6, 6.07) is 0. The van der Waals surface area contributed by atoms with Crippen LogP contribution in [-0.2, 0) is 76.3 Å². The third kappa shape index (κ3) is 54.4. The summed E-state index contributed by atoms with van der Waals surface area (Å²) in [6.07, 6.45) is 24.8. The molecule has 0 bridgehead atoms. The van der Waals surface area contributed by atoms with Gasteiger partial charge in [-0.15, -0.1) is 47.0 Å². The largest absolute Gasteiger partial charge is 0.462 e. The lowest BCUT2D eigenvalue weighted by atomic mass is 10.2. The number of nitrogens with zero attached hydrogens (tertiary/aromatic N) is 3. The average Bonchev–Trinajstić information content (AvgIpc) is 3.60. The zero-order chi connectivity index (χ0) is 66.7. The van der Waals surface area contributed by atoms with Crippen molar-refractivity contribution in [3.63, 3.8) is 0 Å². The Bertz CT molecular complexity index is 1600. The van der Waals surface area contributed by atoms with Gasteiger partial charge in [0.1, 0.15) is 52.9 Å². The number of rotatable bonds is 64. The second kappa shape index (κ2) is 62.2. The maximum absolute atomic E-state index is 12.9. The molecule has 0 amide bonds. The summed E-state index contributed by atoms with van der Waals surface area (Å²) < 4.78 is 43.2. The fourth-order valence-corrected chi connectivity index (χ4v) is 12.7. The van der Waals surface area contributed by atoms with E-state index in [4.69, 9.17) is 37.9 Å². The number of carbonyl (C=O) groups excluding carboxylic acids is 8. The molecule has 0 aliphatic rings. The van der Waals surface area contributed by atoms with E-state index in [1.165, 1.54) is 77.0 Å². The predicted molar refractivity (Wildman–Crippen MR) is 368 cm³/mol. The van der Waals surface area contributed by atoms with E-state index in [2.05, 4.69) is 32.6 Å². The van der Waals surface area contributed by atoms with Crippen LogP contribution in [0, 0.1) is 0 Å². The molecule has 4 atom stereocenters. The minimum atomic E-state index is -0.449. The molecule has 0 N–H and O–H groups in total. The molecule has 0 aromatic carbocycles. The van der Waals surface area contributed by atoms with Gasteiger partial charge in [-0.25, -0.2) is 0 Å². The molecule has 0 spiro atoms. The Balaban J connectivity index is 5.48. The van der Waals surface area contributed by atoms with Crippen LogP contribution in [0.25, 0.3) is 0 Å². The molecule has 0 aromatic rings. The summed E-state index contributed by atoms with van der Waals surface area (Å²) in [5, 5.41) is -1.23. The Morgan fingerprint density at radius 2 is 0.489 bits per heavy atom. The van der Waals surface area contributed by atoms with E-state index in [0.717, 1.165) is 74.4 Å². The van der Waals surface area contributed by atoms with Crippen LogP contribution in [0.2, 0.25) is 0 Å². The number of thioether (sulfide) groups is 4. The zero-order valence-corrected chi connectivity index (χ0v) is 60.6. The molecule has 526 valence electrons. The van der Waals surface area contributed by atoms with Crippen LogP contribution in [0.3, 0.4) is 0 Å².